The fourth-order valence-corrected chi connectivity index (χ4v) is 4.82. The van der Waals surface area contributed by atoms with Crippen LogP contribution in [0, 0.1) is 0 Å². The molecule has 1 aromatic heterocycles. The van der Waals surface area contributed by atoms with Crippen LogP contribution in [0.2, 0.25) is 0 Å². The molecule has 2 heterocycles. The summed E-state index contributed by atoms with van der Waals surface area (Å²) in [6.07, 6.45) is 2.44. The summed E-state index contributed by atoms with van der Waals surface area (Å²) in [5.74, 6) is 0. The van der Waals surface area contributed by atoms with Crippen LogP contribution < -0.4 is 4.72 Å². The van der Waals surface area contributed by atoms with Gasteiger partial charge in [0.2, 0.25) is 0 Å². The number of methoxy groups -OCH3 is 1. The van der Waals surface area contributed by atoms with Gasteiger partial charge >= 0.3 is 0 Å². The van der Waals surface area contributed by atoms with Crippen molar-refractivity contribution in [3.8, 4) is 0 Å². The predicted molar refractivity (Wildman–Crippen MR) is 81.0 cm³/mol. The van der Waals surface area contributed by atoms with Crippen LogP contribution in [-0.2, 0) is 14.9 Å². The van der Waals surface area contributed by atoms with Crippen LogP contribution in [0.5, 0.6) is 0 Å². The third-order valence-corrected chi connectivity index (χ3v) is 6.27. The number of rotatable bonds is 6. The predicted octanol–water partition coefficient (Wildman–Crippen LogP) is 2.14. The third kappa shape index (κ3) is 3.79. The van der Waals surface area contributed by atoms with Crippen molar-refractivity contribution < 1.29 is 13.2 Å². The number of nitrogens with one attached hydrogen (secondary N) is 1. The van der Waals surface area contributed by atoms with Crippen LogP contribution in [0.15, 0.2) is 17.5 Å². The molecule has 1 aromatic rings. The summed E-state index contributed by atoms with van der Waals surface area (Å²) in [4.78, 5) is 1.06. The molecule has 7 heteroatoms. The minimum absolute atomic E-state index is 0.139. The highest BCUT2D eigenvalue weighted by atomic mass is 32.2. The van der Waals surface area contributed by atoms with E-state index in [1.54, 1.807) is 18.4 Å². The lowest BCUT2D eigenvalue weighted by Crippen LogP contribution is -2.47. The van der Waals surface area contributed by atoms with Gasteiger partial charge < -0.3 is 4.74 Å². The third-order valence-electron chi connectivity index (χ3n) is 3.66. The van der Waals surface area contributed by atoms with E-state index in [1.165, 1.54) is 4.31 Å². The Morgan fingerprint density at radius 2 is 2.20 bits per heavy atom. The SMILES string of the molecule is CC[C@@H](NS(=O)(=O)N1CCC(OC)CC1)c1cccs1. The number of hydrogen-bond donors (Lipinski definition) is 1. The van der Waals surface area contributed by atoms with Crippen LogP contribution in [0.25, 0.3) is 0 Å². The van der Waals surface area contributed by atoms with Gasteiger partial charge in [0.1, 0.15) is 0 Å². The first-order valence-electron chi connectivity index (χ1n) is 6.90. The Hall–Kier alpha value is -0.470. The molecule has 0 spiro atoms. The average Bonchev–Trinajstić information content (AvgIpc) is 2.99. The maximum absolute atomic E-state index is 12.4. The topological polar surface area (TPSA) is 58.6 Å². The van der Waals surface area contributed by atoms with Crippen molar-refractivity contribution in [1.82, 2.24) is 9.03 Å². The van der Waals surface area contributed by atoms with Gasteiger partial charge in [-0.2, -0.15) is 17.4 Å². The van der Waals surface area contributed by atoms with Crippen LogP contribution in [0.3, 0.4) is 0 Å². The van der Waals surface area contributed by atoms with Gasteiger partial charge in [0.15, 0.2) is 0 Å². The summed E-state index contributed by atoms with van der Waals surface area (Å²) >= 11 is 1.58. The monoisotopic (exact) mass is 318 g/mol. The van der Waals surface area contributed by atoms with Crippen molar-refractivity contribution in [3.63, 3.8) is 0 Å². The van der Waals surface area contributed by atoms with E-state index in [4.69, 9.17) is 4.74 Å². The van der Waals surface area contributed by atoms with E-state index < -0.39 is 10.2 Å². The molecule has 2 rings (SSSR count). The molecule has 0 amide bonds. The van der Waals surface area contributed by atoms with Crippen molar-refractivity contribution >= 4 is 21.5 Å². The fraction of sp³-hybridized carbons (Fsp3) is 0.692. The summed E-state index contributed by atoms with van der Waals surface area (Å²) in [7, 11) is -1.74. The van der Waals surface area contributed by atoms with Gasteiger partial charge in [0.25, 0.3) is 10.2 Å². The summed E-state index contributed by atoms with van der Waals surface area (Å²) in [6, 6.07) is 3.78. The van der Waals surface area contributed by atoms with Gasteiger partial charge in [0.05, 0.1) is 12.1 Å². The molecule has 0 aliphatic carbocycles. The van der Waals surface area contributed by atoms with Gasteiger partial charge in [-0.25, -0.2) is 0 Å². The number of ether oxygens (including phenoxy) is 1. The Kier molecular flexibility index (Phi) is 5.57. The largest absolute Gasteiger partial charge is 0.381 e. The first-order chi connectivity index (χ1) is 9.56. The molecule has 1 aliphatic heterocycles. The highest BCUT2D eigenvalue weighted by Gasteiger charge is 2.29. The van der Waals surface area contributed by atoms with E-state index in [-0.39, 0.29) is 12.1 Å². The summed E-state index contributed by atoms with van der Waals surface area (Å²) in [5.41, 5.74) is 0. The molecule has 1 N–H and O–H groups in total. The zero-order chi connectivity index (χ0) is 14.6. The zero-order valence-corrected chi connectivity index (χ0v) is 13.5. The molecule has 0 saturated carbocycles. The summed E-state index contributed by atoms with van der Waals surface area (Å²) in [6.45, 7) is 3.04. The Bertz CT molecular complexity index is 494. The molecule has 1 atom stereocenters. The van der Waals surface area contributed by atoms with E-state index in [2.05, 4.69) is 4.72 Å². The molecular formula is C13H22N2O3S2. The Labute approximate surface area is 125 Å². The molecule has 114 valence electrons. The minimum Gasteiger partial charge on any atom is -0.381 e. The summed E-state index contributed by atoms with van der Waals surface area (Å²) in [5, 5.41) is 1.97. The first kappa shape index (κ1) is 15.9. The summed E-state index contributed by atoms with van der Waals surface area (Å²) < 4.78 is 34.5. The normalized spacial score (nSPS) is 20.1. The molecular weight excluding hydrogens is 296 g/mol. The molecule has 1 saturated heterocycles. The Balaban J connectivity index is 2.00. The molecule has 0 radical (unpaired) electrons. The van der Waals surface area contributed by atoms with E-state index in [0.717, 1.165) is 24.1 Å². The highest BCUT2D eigenvalue weighted by Crippen LogP contribution is 2.24. The smallest absolute Gasteiger partial charge is 0.280 e. The van der Waals surface area contributed by atoms with Gasteiger partial charge in [-0.3, -0.25) is 0 Å². The lowest BCUT2D eigenvalue weighted by atomic mass is 10.1. The average molecular weight is 318 g/mol. The van der Waals surface area contributed by atoms with Crippen LogP contribution in [0.4, 0.5) is 0 Å². The van der Waals surface area contributed by atoms with E-state index in [0.29, 0.717) is 13.1 Å². The van der Waals surface area contributed by atoms with Crippen LogP contribution in [0.1, 0.15) is 37.1 Å². The fourth-order valence-electron chi connectivity index (χ4n) is 2.39. The number of hydrogen-bond acceptors (Lipinski definition) is 4. The second-order valence-corrected chi connectivity index (χ2v) is 7.61. The molecule has 1 aliphatic rings. The molecule has 0 unspecified atom stereocenters. The standard InChI is InChI=1S/C13H22N2O3S2/c1-3-12(13-5-4-10-19-13)14-20(16,17)15-8-6-11(18-2)7-9-15/h4-5,10-12,14H,3,6-9H2,1-2H3/t12-/m1/s1. The van der Waals surface area contributed by atoms with Crippen LogP contribution in [-0.4, -0.2) is 39.0 Å². The Morgan fingerprint density at radius 3 is 2.70 bits per heavy atom. The second kappa shape index (κ2) is 7.00. The van der Waals surface area contributed by atoms with E-state index in [1.807, 2.05) is 24.4 Å². The number of nitrogens with zero attached hydrogens (tertiary/aromatic N) is 1. The minimum atomic E-state index is -3.42. The van der Waals surface area contributed by atoms with E-state index >= 15 is 0 Å². The second-order valence-electron chi connectivity index (χ2n) is 4.93. The van der Waals surface area contributed by atoms with Gasteiger partial charge in [0, 0.05) is 25.1 Å². The quantitative estimate of drug-likeness (QED) is 0.874. The maximum atomic E-state index is 12.4. The zero-order valence-electron chi connectivity index (χ0n) is 11.9. The van der Waals surface area contributed by atoms with Crippen LogP contribution >= 0.6 is 11.3 Å². The molecule has 0 bridgehead atoms. The molecule has 5 nitrogen and oxygen atoms in total. The molecule has 0 aromatic carbocycles. The first-order valence-corrected chi connectivity index (χ1v) is 9.22. The Morgan fingerprint density at radius 1 is 1.50 bits per heavy atom. The van der Waals surface area contributed by atoms with Gasteiger partial charge in [-0.05, 0) is 30.7 Å². The molecule has 1 fully saturated rings. The number of piperidine rings is 1. The molecule has 20 heavy (non-hydrogen) atoms. The van der Waals surface area contributed by atoms with Crippen molar-refractivity contribution in [3.05, 3.63) is 22.4 Å². The highest BCUT2D eigenvalue weighted by molar-refractivity contribution is 7.87. The van der Waals surface area contributed by atoms with Gasteiger partial charge in [-0.15, -0.1) is 11.3 Å². The lowest BCUT2D eigenvalue weighted by molar-refractivity contribution is 0.0601. The van der Waals surface area contributed by atoms with E-state index in [9.17, 15) is 8.42 Å². The van der Waals surface area contributed by atoms with Crippen molar-refractivity contribution in [2.75, 3.05) is 20.2 Å². The maximum Gasteiger partial charge on any atom is 0.280 e. The van der Waals surface area contributed by atoms with Crippen molar-refractivity contribution in [2.45, 2.75) is 38.3 Å². The van der Waals surface area contributed by atoms with Crippen molar-refractivity contribution in [1.29, 1.82) is 0 Å². The lowest BCUT2D eigenvalue weighted by Gasteiger charge is -2.31. The van der Waals surface area contributed by atoms with Crippen molar-refractivity contribution in [2.24, 2.45) is 0 Å². The number of thiophene rings is 1. The van der Waals surface area contributed by atoms with Gasteiger partial charge in [-0.1, -0.05) is 13.0 Å².